The third-order valence-corrected chi connectivity index (χ3v) is 3.01. The molecule has 0 saturated carbocycles. The van der Waals surface area contributed by atoms with E-state index in [-0.39, 0.29) is 23.0 Å². The zero-order chi connectivity index (χ0) is 14.1. The van der Waals surface area contributed by atoms with Crippen molar-refractivity contribution in [2.75, 3.05) is 5.73 Å². The number of benzene rings is 2. The minimum absolute atomic E-state index is 0.0234. The summed E-state index contributed by atoms with van der Waals surface area (Å²) in [5.74, 6) is 5.52. The van der Waals surface area contributed by atoms with Gasteiger partial charge in [0.15, 0.2) is 11.5 Å². The Bertz CT molecular complexity index is 809. The van der Waals surface area contributed by atoms with Crippen molar-refractivity contribution in [3.8, 4) is 5.75 Å². The predicted molar refractivity (Wildman–Crippen MR) is 74.1 cm³/mol. The second-order valence-electron chi connectivity index (χ2n) is 4.16. The van der Waals surface area contributed by atoms with Crippen LogP contribution < -0.4 is 11.6 Å². The highest BCUT2D eigenvalue weighted by atomic mass is 16.6. The number of aromatic hydroxyl groups is 1. The number of hydrazone groups is 1. The van der Waals surface area contributed by atoms with Crippen molar-refractivity contribution in [3.05, 3.63) is 47.7 Å². The van der Waals surface area contributed by atoms with Gasteiger partial charge in [-0.1, -0.05) is 30.3 Å². The first-order valence-electron chi connectivity index (χ1n) is 5.79. The van der Waals surface area contributed by atoms with Gasteiger partial charge in [-0.3, -0.25) is 0 Å². The molecule has 100 valence electrons. The standard InChI is InChI=1S/C13H11N5O2/c14-13-12(17-20-18-13)11(16-15)10-8-4-2-1-3-7(8)5-6-9(10)19/h1-6,19H,15H2,(H2,14,18)/b16-11+. The number of nitrogen functional groups attached to an aromatic ring is 1. The summed E-state index contributed by atoms with van der Waals surface area (Å²) >= 11 is 0. The molecule has 3 rings (SSSR count). The van der Waals surface area contributed by atoms with Crippen LogP contribution in [0.15, 0.2) is 46.1 Å². The number of hydrogen-bond donors (Lipinski definition) is 3. The maximum atomic E-state index is 10.1. The normalized spacial score (nSPS) is 11.9. The number of fused-ring (bicyclic) bond motifs is 1. The van der Waals surface area contributed by atoms with E-state index < -0.39 is 0 Å². The van der Waals surface area contributed by atoms with E-state index in [0.717, 1.165) is 10.8 Å². The molecule has 0 bridgehead atoms. The number of nitrogens with two attached hydrogens (primary N) is 2. The van der Waals surface area contributed by atoms with Gasteiger partial charge in [-0.2, -0.15) is 5.10 Å². The summed E-state index contributed by atoms with van der Waals surface area (Å²) < 4.78 is 4.56. The Labute approximate surface area is 113 Å². The Balaban J connectivity index is 2.33. The molecular weight excluding hydrogens is 258 g/mol. The molecule has 5 N–H and O–H groups in total. The Morgan fingerprint density at radius 2 is 1.95 bits per heavy atom. The van der Waals surface area contributed by atoms with E-state index in [9.17, 15) is 5.11 Å². The van der Waals surface area contributed by atoms with Crippen LogP contribution in [0.2, 0.25) is 0 Å². The van der Waals surface area contributed by atoms with Gasteiger partial charge in [-0.05, 0) is 27.2 Å². The van der Waals surface area contributed by atoms with E-state index in [1.54, 1.807) is 12.1 Å². The first kappa shape index (κ1) is 12.0. The monoisotopic (exact) mass is 269 g/mol. The second kappa shape index (κ2) is 4.54. The first-order chi connectivity index (χ1) is 9.72. The van der Waals surface area contributed by atoms with Crippen LogP contribution in [0.3, 0.4) is 0 Å². The van der Waals surface area contributed by atoms with E-state index in [4.69, 9.17) is 11.6 Å². The highest BCUT2D eigenvalue weighted by molar-refractivity contribution is 6.21. The molecule has 2 aromatic carbocycles. The van der Waals surface area contributed by atoms with Crippen LogP contribution in [0.1, 0.15) is 11.3 Å². The summed E-state index contributed by atoms with van der Waals surface area (Å²) in [6.07, 6.45) is 0. The number of phenolic OH excluding ortho intramolecular Hbond substituents is 1. The topological polar surface area (TPSA) is 124 Å². The Morgan fingerprint density at radius 1 is 1.15 bits per heavy atom. The van der Waals surface area contributed by atoms with E-state index >= 15 is 0 Å². The number of aromatic nitrogens is 2. The van der Waals surface area contributed by atoms with Gasteiger partial charge in [-0.25, -0.2) is 4.63 Å². The summed E-state index contributed by atoms with van der Waals surface area (Å²) in [6.45, 7) is 0. The maximum Gasteiger partial charge on any atom is 0.198 e. The maximum absolute atomic E-state index is 10.1. The molecule has 0 atom stereocenters. The summed E-state index contributed by atoms with van der Waals surface area (Å²) in [7, 11) is 0. The van der Waals surface area contributed by atoms with Crippen LogP contribution in [0, 0.1) is 0 Å². The van der Waals surface area contributed by atoms with Crippen LogP contribution in [0.5, 0.6) is 5.75 Å². The first-order valence-corrected chi connectivity index (χ1v) is 5.79. The van der Waals surface area contributed by atoms with Gasteiger partial charge in [0.05, 0.1) is 5.56 Å². The molecule has 20 heavy (non-hydrogen) atoms. The number of nitrogens with zero attached hydrogens (tertiary/aromatic N) is 3. The Hall–Kier alpha value is -3.09. The van der Waals surface area contributed by atoms with Crippen LogP contribution in [-0.4, -0.2) is 21.1 Å². The summed E-state index contributed by atoms with van der Waals surface area (Å²) in [5, 5.41) is 22.7. The lowest BCUT2D eigenvalue weighted by atomic mass is 9.98. The molecule has 3 aromatic rings. The van der Waals surface area contributed by atoms with Crippen molar-refractivity contribution in [3.63, 3.8) is 0 Å². The number of rotatable bonds is 2. The third-order valence-electron chi connectivity index (χ3n) is 3.01. The molecule has 1 aromatic heterocycles. The van der Waals surface area contributed by atoms with Crippen molar-refractivity contribution in [2.24, 2.45) is 10.9 Å². The second-order valence-corrected chi connectivity index (χ2v) is 4.16. The number of phenols is 1. The number of hydrogen-bond acceptors (Lipinski definition) is 7. The summed E-state index contributed by atoms with van der Waals surface area (Å²) in [6, 6.07) is 10.9. The average Bonchev–Trinajstić information content (AvgIpc) is 2.88. The molecule has 0 spiro atoms. The molecular formula is C13H11N5O2. The van der Waals surface area contributed by atoms with Crippen LogP contribution >= 0.6 is 0 Å². The fourth-order valence-corrected chi connectivity index (χ4v) is 2.11. The van der Waals surface area contributed by atoms with Crippen LogP contribution in [-0.2, 0) is 0 Å². The molecule has 0 fully saturated rings. The molecule has 0 aliphatic carbocycles. The highest BCUT2D eigenvalue weighted by Crippen LogP contribution is 2.30. The van der Waals surface area contributed by atoms with Crippen molar-refractivity contribution < 1.29 is 9.74 Å². The molecule has 0 aliphatic rings. The zero-order valence-electron chi connectivity index (χ0n) is 10.3. The van der Waals surface area contributed by atoms with E-state index in [1.807, 2.05) is 24.3 Å². The van der Waals surface area contributed by atoms with E-state index in [0.29, 0.717) is 5.56 Å². The molecule has 0 radical (unpaired) electrons. The summed E-state index contributed by atoms with van der Waals surface area (Å²) in [5.41, 5.74) is 6.52. The lowest BCUT2D eigenvalue weighted by molar-refractivity contribution is 0.308. The Morgan fingerprint density at radius 3 is 2.65 bits per heavy atom. The lowest BCUT2D eigenvalue weighted by Crippen LogP contribution is -2.10. The molecule has 7 heteroatoms. The van der Waals surface area contributed by atoms with Crippen molar-refractivity contribution >= 4 is 22.3 Å². The van der Waals surface area contributed by atoms with Gasteiger partial charge in [0.25, 0.3) is 0 Å². The van der Waals surface area contributed by atoms with Crippen molar-refractivity contribution in [1.29, 1.82) is 0 Å². The smallest absolute Gasteiger partial charge is 0.198 e. The predicted octanol–water partition coefficient (Wildman–Crippen LogP) is 1.22. The van der Waals surface area contributed by atoms with E-state index in [1.165, 1.54) is 0 Å². The van der Waals surface area contributed by atoms with Gasteiger partial charge < -0.3 is 16.7 Å². The third kappa shape index (κ3) is 1.72. The van der Waals surface area contributed by atoms with Gasteiger partial charge in [0.1, 0.15) is 11.5 Å². The van der Waals surface area contributed by atoms with Crippen LogP contribution in [0.25, 0.3) is 10.8 Å². The van der Waals surface area contributed by atoms with Gasteiger partial charge in [-0.15, -0.1) is 0 Å². The molecule has 0 aliphatic heterocycles. The fraction of sp³-hybridized carbons (Fsp3) is 0. The van der Waals surface area contributed by atoms with Crippen LogP contribution in [0.4, 0.5) is 5.82 Å². The van der Waals surface area contributed by atoms with Crippen molar-refractivity contribution in [1.82, 2.24) is 10.3 Å². The average molecular weight is 269 g/mol. The minimum Gasteiger partial charge on any atom is -0.507 e. The largest absolute Gasteiger partial charge is 0.507 e. The lowest BCUT2D eigenvalue weighted by Gasteiger charge is -2.09. The molecule has 0 saturated heterocycles. The van der Waals surface area contributed by atoms with Gasteiger partial charge >= 0.3 is 0 Å². The Kier molecular flexibility index (Phi) is 2.72. The zero-order valence-corrected chi connectivity index (χ0v) is 10.3. The molecule has 7 nitrogen and oxygen atoms in total. The SMILES string of the molecule is N/N=C(/c1nonc1N)c1c(O)ccc2ccccc12. The van der Waals surface area contributed by atoms with Crippen molar-refractivity contribution in [2.45, 2.75) is 0 Å². The quantitative estimate of drug-likeness (QED) is 0.365. The van der Waals surface area contributed by atoms with Gasteiger partial charge in [0.2, 0.25) is 0 Å². The van der Waals surface area contributed by atoms with E-state index in [2.05, 4.69) is 20.0 Å². The fourth-order valence-electron chi connectivity index (χ4n) is 2.11. The summed E-state index contributed by atoms with van der Waals surface area (Å²) in [4.78, 5) is 0. The number of anilines is 1. The molecule has 0 amide bonds. The molecule has 0 unspecified atom stereocenters. The minimum atomic E-state index is 0.0234. The highest BCUT2D eigenvalue weighted by Gasteiger charge is 2.21. The molecule has 1 heterocycles. The van der Waals surface area contributed by atoms with Gasteiger partial charge in [0, 0.05) is 0 Å².